The first-order chi connectivity index (χ1) is 26.6. The number of amides is 3. The van der Waals surface area contributed by atoms with Crippen molar-refractivity contribution in [2.75, 3.05) is 36.4 Å². The molecule has 2 aromatic carbocycles. The highest BCUT2D eigenvalue weighted by atomic mass is 19.1. The lowest BCUT2D eigenvalue weighted by molar-refractivity contribution is -0.136. The molecule has 3 fully saturated rings. The summed E-state index contributed by atoms with van der Waals surface area (Å²) in [6, 6.07) is 11.0. The van der Waals surface area contributed by atoms with Gasteiger partial charge >= 0.3 is 0 Å². The maximum atomic E-state index is 14.1. The van der Waals surface area contributed by atoms with Gasteiger partial charge in [0.25, 0.3) is 5.91 Å². The van der Waals surface area contributed by atoms with Crippen molar-refractivity contribution in [3.05, 3.63) is 88.1 Å². The van der Waals surface area contributed by atoms with Crippen LogP contribution in [0.1, 0.15) is 70.6 Å². The molecule has 5 aliphatic heterocycles. The van der Waals surface area contributed by atoms with Crippen LogP contribution in [0.4, 0.5) is 20.3 Å². The van der Waals surface area contributed by atoms with Crippen molar-refractivity contribution in [3.8, 4) is 22.9 Å². The van der Waals surface area contributed by atoms with E-state index >= 15 is 0 Å². The first-order valence-electron chi connectivity index (χ1n) is 18.8. The van der Waals surface area contributed by atoms with Crippen LogP contribution in [0, 0.1) is 18.6 Å². The van der Waals surface area contributed by atoms with Crippen molar-refractivity contribution in [3.63, 3.8) is 0 Å². The third kappa shape index (κ3) is 6.59. The third-order valence-electron chi connectivity index (χ3n) is 11.8. The number of anilines is 2. The Morgan fingerprint density at radius 1 is 0.982 bits per heavy atom. The molecule has 9 rings (SSSR count). The van der Waals surface area contributed by atoms with Gasteiger partial charge in [-0.3, -0.25) is 24.6 Å². The Hall–Kier alpha value is -5.70. The van der Waals surface area contributed by atoms with Gasteiger partial charge in [0.2, 0.25) is 17.7 Å². The number of hydrogen-bond donors (Lipinski definition) is 3. The van der Waals surface area contributed by atoms with E-state index in [4.69, 9.17) is 4.74 Å². The lowest BCUT2D eigenvalue weighted by Crippen LogP contribution is -2.52. The van der Waals surface area contributed by atoms with E-state index in [1.807, 2.05) is 24.4 Å². The molecule has 0 radical (unpaired) electrons. The average molecular weight is 751 g/mol. The molecule has 4 aromatic rings. The number of nitrogens with one attached hydrogen (secondary N) is 2. The summed E-state index contributed by atoms with van der Waals surface area (Å²) >= 11 is 0. The summed E-state index contributed by atoms with van der Waals surface area (Å²) < 4.78 is 34.5. The predicted molar refractivity (Wildman–Crippen MR) is 196 cm³/mol. The summed E-state index contributed by atoms with van der Waals surface area (Å²) in [5, 5.41) is 24.3. The monoisotopic (exact) mass is 750 g/mol. The van der Waals surface area contributed by atoms with Gasteiger partial charge in [-0.2, -0.15) is 0 Å². The predicted octanol–water partition coefficient (Wildman–Crippen LogP) is 4.42. The van der Waals surface area contributed by atoms with Crippen LogP contribution in [0.2, 0.25) is 0 Å². The number of fused-ring (bicyclic) bond motifs is 4. The van der Waals surface area contributed by atoms with Crippen LogP contribution in [0.15, 0.2) is 48.7 Å². The van der Waals surface area contributed by atoms with Gasteiger partial charge < -0.3 is 25.0 Å². The molecular formula is C40H40F2N8O5. The number of phenols is 1. The molecule has 15 heteroatoms. The first-order valence-corrected chi connectivity index (χ1v) is 18.8. The number of halogens is 2. The summed E-state index contributed by atoms with van der Waals surface area (Å²) in [6.07, 6.45) is 4.98. The summed E-state index contributed by atoms with van der Waals surface area (Å²) in [6.45, 7) is 6.23. The van der Waals surface area contributed by atoms with Crippen LogP contribution in [0.5, 0.6) is 11.6 Å². The van der Waals surface area contributed by atoms with Gasteiger partial charge in [-0.15, -0.1) is 10.2 Å². The van der Waals surface area contributed by atoms with Crippen LogP contribution < -0.4 is 20.3 Å². The number of likely N-dealkylation sites (tertiary alicyclic amines) is 1. The summed E-state index contributed by atoms with van der Waals surface area (Å²) in [7, 11) is 0. The highest BCUT2D eigenvalue weighted by Gasteiger charge is 2.40. The Balaban J connectivity index is 0.800. The normalized spacial score (nSPS) is 22.6. The Kier molecular flexibility index (Phi) is 8.83. The van der Waals surface area contributed by atoms with Crippen LogP contribution in [0.25, 0.3) is 11.3 Å². The molecule has 3 N–H and O–H groups in total. The average Bonchev–Trinajstić information content (AvgIpc) is 3.74. The molecule has 0 spiro atoms. The maximum absolute atomic E-state index is 14.1. The third-order valence-corrected chi connectivity index (χ3v) is 11.8. The molecule has 284 valence electrons. The molecule has 13 nitrogen and oxygen atoms in total. The number of nitrogens with zero attached hydrogens (tertiary/aromatic N) is 6. The molecule has 0 bridgehead atoms. The van der Waals surface area contributed by atoms with Gasteiger partial charge in [0, 0.05) is 61.9 Å². The number of carbonyl (C=O) groups is 3. The molecule has 0 saturated carbocycles. The number of pyridine rings is 1. The van der Waals surface area contributed by atoms with E-state index in [-0.39, 0.29) is 41.6 Å². The number of carbonyl (C=O) groups excluding carboxylic acids is 3. The van der Waals surface area contributed by atoms with Gasteiger partial charge in [0.1, 0.15) is 18.0 Å². The number of imide groups is 1. The van der Waals surface area contributed by atoms with Crippen molar-refractivity contribution in [1.82, 2.24) is 30.3 Å². The number of aromatic nitrogens is 3. The summed E-state index contributed by atoms with van der Waals surface area (Å²) in [5.41, 5.74) is 5.77. The number of piperidine rings is 2. The topological polar surface area (TPSA) is 153 Å². The van der Waals surface area contributed by atoms with Gasteiger partial charge in [0.05, 0.1) is 24.0 Å². The standard InChI is InChI=1S/C40H40F2N8O5/c1-21-10-36(55-28-14-27-17-44-38-34(49(27)20-28)15-32(46-47-38)30-12-26(41)13-31(42)37(30)52)43-16-25(21)18-48-8-6-22(7-9-48)23-2-3-24-19-50(40(54)29(24)11-23)33-4-5-35(51)45-39(33)53/h2-3,10-13,15-16,22,27-28,33,52H,4-9,14,17-20H2,1H3,(H,44,47)(H,45,51,53)/t27-,28-,33+/m1/s1. The molecule has 3 amide bonds. The quantitative estimate of drug-likeness (QED) is 0.230. The first kappa shape index (κ1) is 35.0. The fraction of sp³-hybridized carbons (Fsp3) is 0.400. The Labute approximate surface area is 315 Å². The summed E-state index contributed by atoms with van der Waals surface area (Å²) in [5.74, 6) is -1.95. The molecule has 5 aliphatic rings. The zero-order valence-corrected chi connectivity index (χ0v) is 30.2. The van der Waals surface area contributed by atoms with Crippen molar-refractivity contribution >= 4 is 29.2 Å². The van der Waals surface area contributed by atoms with E-state index < -0.39 is 29.3 Å². The largest absolute Gasteiger partial charge is 0.504 e. The van der Waals surface area contributed by atoms with Crippen LogP contribution in [-0.2, 0) is 22.7 Å². The smallest absolute Gasteiger partial charge is 0.255 e. The second-order valence-corrected chi connectivity index (χ2v) is 15.2. The number of ether oxygens (including phenoxy) is 1. The van der Waals surface area contributed by atoms with Crippen molar-refractivity contribution < 1.29 is 33.0 Å². The second-order valence-electron chi connectivity index (χ2n) is 15.2. The molecule has 0 aliphatic carbocycles. The van der Waals surface area contributed by atoms with E-state index in [1.165, 1.54) is 0 Å². The fourth-order valence-corrected chi connectivity index (χ4v) is 8.73. The van der Waals surface area contributed by atoms with E-state index in [1.54, 1.807) is 11.0 Å². The Morgan fingerprint density at radius 2 is 1.82 bits per heavy atom. The van der Waals surface area contributed by atoms with Gasteiger partial charge in [0.15, 0.2) is 17.4 Å². The Morgan fingerprint density at radius 3 is 2.62 bits per heavy atom. The Bertz CT molecular complexity index is 2230. The minimum absolute atomic E-state index is 0.0654. The lowest BCUT2D eigenvalue weighted by atomic mass is 9.87. The van der Waals surface area contributed by atoms with Crippen molar-refractivity contribution in [2.24, 2.45) is 0 Å². The number of aryl methyl sites for hydroxylation is 1. The van der Waals surface area contributed by atoms with Crippen LogP contribution in [0.3, 0.4) is 0 Å². The molecular weight excluding hydrogens is 710 g/mol. The minimum atomic E-state index is -1.06. The number of rotatable bonds is 7. The van der Waals surface area contributed by atoms with Gasteiger partial charge in [-0.1, -0.05) is 12.1 Å². The molecule has 2 aromatic heterocycles. The van der Waals surface area contributed by atoms with E-state index in [0.717, 1.165) is 72.9 Å². The number of aromatic hydroxyl groups is 1. The zero-order chi connectivity index (χ0) is 38.0. The second kappa shape index (κ2) is 13.9. The van der Waals surface area contributed by atoms with Gasteiger partial charge in [-0.05, 0) is 85.6 Å². The molecule has 7 heterocycles. The number of phenolic OH excluding ortho intramolecular Hbond substituents is 1. The summed E-state index contributed by atoms with van der Waals surface area (Å²) in [4.78, 5) is 48.3. The molecule has 55 heavy (non-hydrogen) atoms. The zero-order valence-electron chi connectivity index (χ0n) is 30.2. The maximum Gasteiger partial charge on any atom is 0.255 e. The van der Waals surface area contributed by atoms with E-state index in [2.05, 4.69) is 48.6 Å². The highest BCUT2D eigenvalue weighted by molar-refractivity contribution is 6.05. The SMILES string of the molecule is Cc1cc(O[C@@H]2C[C@@H]3CNc4nnc(-c5cc(F)cc(F)c5O)cc4N3C2)ncc1CN1CCC(c2ccc3c(c2)C(=O)N([C@H]2CCC(=O)NC2=O)C3)CC1. The number of benzene rings is 2. The van der Waals surface area contributed by atoms with Crippen LogP contribution in [-0.4, -0.2) is 92.2 Å². The van der Waals surface area contributed by atoms with E-state index in [0.29, 0.717) is 55.3 Å². The van der Waals surface area contributed by atoms with E-state index in [9.17, 15) is 28.3 Å². The van der Waals surface area contributed by atoms with Crippen molar-refractivity contribution in [1.29, 1.82) is 0 Å². The van der Waals surface area contributed by atoms with Gasteiger partial charge in [-0.25, -0.2) is 13.8 Å². The number of hydrogen-bond acceptors (Lipinski definition) is 11. The van der Waals surface area contributed by atoms with Crippen molar-refractivity contribution in [2.45, 2.75) is 76.2 Å². The minimum Gasteiger partial charge on any atom is -0.504 e. The molecule has 3 atom stereocenters. The highest BCUT2D eigenvalue weighted by Crippen LogP contribution is 2.40. The van der Waals surface area contributed by atoms with Crippen LogP contribution >= 0.6 is 0 Å². The lowest BCUT2D eigenvalue weighted by Gasteiger charge is -2.33. The molecule has 0 unspecified atom stereocenters. The fourth-order valence-electron chi connectivity index (χ4n) is 8.73. The molecule has 3 saturated heterocycles.